The molecule has 1 aromatic carbocycles. The van der Waals surface area contributed by atoms with Crippen molar-refractivity contribution in [1.82, 2.24) is 4.72 Å². The van der Waals surface area contributed by atoms with Crippen LogP contribution in [0.15, 0.2) is 21.5 Å². The van der Waals surface area contributed by atoms with Crippen LogP contribution in [0, 0.1) is 5.92 Å². The second kappa shape index (κ2) is 6.62. The van der Waals surface area contributed by atoms with Gasteiger partial charge in [0.25, 0.3) is 0 Å². The summed E-state index contributed by atoms with van der Waals surface area (Å²) in [6, 6.07) is 2.89. The zero-order chi connectivity index (χ0) is 14.8. The van der Waals surface area contributed by atoms with Crippen molar-refractivity contribution in [2.45, 2.75) is 17.7 Å². The van der Waals surface area contributed by atoms with Gasteiger partial charge in [0.15, 0.2) is 0 Å². The first-order chi connectivity index (χ1) is 9.40. The van der Waals surface area contributed by atoms with Crippen molar-refractivity contribution in [2.75, 3.05) is 25.5 Å². The van der Waals surface area contributed by atoms with E-state index < -0.39 is 10.0 Å². The minimum Gasteiger partial charge on any atom is -0.398 e. The Morgan fingerprint density at radius 2 is 2.05 bits per heavy atom. The standard InChI is InChI=1S/C12H16BrClN2O3S/c13-12-10(15)5-9(14)6-11(12)20(17,18)16-7-8-1-3-19-4-2-8/h5-6,8,16H,1-4,7,15H2. The highest BCUT2D eigenvalue weighted by atomic mass is 79.9. The van der Waals surface area contributed by atoms with Crippen molar-refractivity contribution in [3.05, 3.63) is 21.6 Å². The number of hydrogen-bond donors (Lipinski definition) is 2. The molecule has 1 heterocycles. The molecule has 1 aliphatic heterocycles. The van der Waals surface area contributed by atoms with Gasteiger partial charge in [-0.3, -0.25) is 0 Å². The molecule has 112 valence electrons. The lowest BCUT2D eigenvalue weighted by Gasteiger charge is -2.22. The van der Waals surface area contributed by atoms with E-state index in [1.807, 2.05) is 0 Å². The van der Waals surface area contributed by atoms with E-state index >= 15 is 0 Å². The van der Waals surface area contributed by atoms with Crippen LogP contribution in [0.3, 0.4) is 0 Å². The molecule has 1 aromatic rings. The van der Waals surface area contributed by atoms with Gasteiger partial charge in [-0.05, 0) is 46.8 Å². The third-order valence-corrected chi connectivity index (χ3v) is 6.04. The summed E-state index contributed by atoms with van der Waals surface area (Å²) < 4.78 is 32.8. The van der Waals surface area contributed by atoms with Crippen molar-refractivity contribution in [3.8, 4) is 0 Å². The molecule has 0 aliphatic carbocycles. The SMILES string of the molecule is Nc1cc(Cl)cc(S(=O)(=O)NCC2CCOCC2)c1Br. The first-order valence-corrected chi connectivity index (χ1v) is 8.87. The minimum absolute atomic E-state index is 0.0644. The molecule has 0 spiro atoms. The number of nitrogens with one attached hydrogen (secondary N) is 1. The molecule has 0 saturated carbocycles. The quantitative estimate of drug-likeness (QED) is 0.782. The maximum Gasteiger partial charge on any atom is 0.241 e. The number of nitrogens with two attached hydrogens (primary N) is 1. The van der Waals surface area contributed by atoms with E-state index in [9.17, 15) is 8.42 Å². The maximum absolute atomic E-state index is 12.3. The molecule has 8 heteroatoms. The lowest BCUT2D eigenvalue weighted by atomic mass is 10.0. The monoisotopic (exact) mass is 382 g/mol. The number of anilines is 1. The highest BCUT2D eigenvalue weighted by Gasteiger charge is 2.22. The van der Waals surface area contributed by atoms with Gasteiger partial charge in [-0.2, -0.15) is 0 Å². The first-order valence-electron chi connectivity index (χ1n) is 6.22. The summed E-state index contributed by atoms with van der Waals surface area (Å²) in [6.07, 6.45) is 1.72. The van der Waals surface area contributed by atoms with E-state index in [1.165, 1.54) is 12.1 Å². The summed E-state index contributed by atoms with van der Waals surface area (Å²) in [4.78, 5) is 0.0644. The van der Waals surface area contributed by atoms with E-state index in [1.54, 1.807) is 0 Å². The van der Waals surface area contributed by atoms with Gasteiger partial charge in [0.1, 0.15) is 0 Å². The largest absolute Gasteiger partial charge is 0.398 e. The van der Waals surface area contributed by atoms with Crippen molar-refractivity contribution < 1.29 is 13.2 Å². The smallest absolute Gasteiger partial charge is 0.241 e. The van der Waals surface area contributed by atoms with Crippen LogP contribution in [-0.4, -0.2) is 28.2 Å². The number of rotatable bonds is 4. The normalized spacial score (nSPS) is 17.3. The highest BCUT2D eigenvalue weighted by Crippen LogP contribution is 2.31. The van der Waals surface area contributed by atoms with Crippen LogP contribution in [0.2, 0.25) is 5.02 Å². The number of sulfonamides is 1. The average molecular weight is 384 g/mol. The fourth-order valence-corrected chi connectivity index (χ4v) is 4.44. The van der Waals surface area contributed by atoms with Gasteiger partial charge in [0, 0.05) is 30.5 Å². The van der Waals surface area contributed by atoms with Crippen molar-refractivity contribution in [1.29, 1.82) is 0 Å². The van der Waals surface area contributed by atoms with E-state index in [2.05, 4.69) is 20.7 Å². The zero-order valence-electron chi connectivity index (χ0n) is 10.7. The van der Waals surface area contributed by atoms with Crippen LogP contribution < -0.4 is 10.5 Å². The van der Waals surface area contributed by atoms with Crippen molar-refractivity contribution in [3.63, 3.8) is 0 Å². The third-order valence-electron chi connectivity index (χ3n) is 3.22. The molecule has 0 unspecified atom stereocenters. The molecule has 0 atom stereocenters. The van der Waals surface area contributed by atoms with Gasteiger partial charge in [0.2, 0.25) is 10.0 Å². The molecular weight excluding hydrogens is 368 g/mol. The average Bonchev–Trinajstić information content (AvgIpc) is 2.42. The van der Waals surface area contributed by atoms with Crippen LogP contribution in [0.25, 0.3) is 0 Å². The second-order valence-electron chi connectivity index (χ2n) is 4.71. The van der Waals surface area contributed by atoms with Crippen LogP contribution in [0.5, 0.6) is 0 Å². The van der Waals surface area contributed by atoms with Gasteiger partial charge in [-0.1, -0.05) is 11.6 Å². The van der Waals surface area contributed by atoms with Crippen LogP contribution in [-0.2, 0) is 14.8 Å². The number of ether oxygens (including phenoxy) is 1. The Morgan fingerprint density at radius 3 is 2.70 bits per heavy atom. The number of hydrogen-bond acceptors (Lipinski definition) is 4. The molecule has 20 heavy (non-hydrogen) atoms. The third kappa shape index (κ3) is 3.85. The van der Waals surface area contributed by atoms with E-state index in [0.717, 1.165) is 12.8 Å². The Labute approximate surface area is 132 Å². The topological polar surface area (TPSA) is 81.4 Å². The van der Waals surface area contributed by atoms with E-state index in [4.69, 9.17) is 22.1 Å². The summed E-state index contributed by atoms with van der Waals surface area (Å²) in [6.45, 7) is 1.75. The first kappa shape index (κ1) is 16.0. The predicted molar refractivity (Wildman–Crippen MR) is 82.3 cm³/mol. The van der Waals surface area contributed by atoms with Crippen LogP contribution >= 0.6 is 27.5 Å². The van der Waals surface area contributed by atoms with Crippen molar-refractivity contribution in [2.24, 2.45) is 5.92 Å². The zero-order valence-corrected chi connectivity index (χ0v) is 13.9. The lowest BCUT2D eigenvalue weighted by molar-refractivity contribution is 0.0678. The van der Waals surface area contributed by atoms with E-state index in [-0.39, 0.29) is 9.92 Å². The lowest BCUT2D eigenvalue weighted by Crippen LogP contribution is -2.32. The molecule has 0 amide bonds. The molecule has 1 aliphatic rings. The van der Waals surface area contributed by atoms with Gasteiger partial charge in [0.05, 0.1) is 9.37 Å². The Bertz CT molecular complexity index is 589. The molecule has 5 nitrogen and oxygen atoms in total. The number of nitrogen functional groups attached to an aromatic ring is 1. The highest BCUT2D eigenvalue weighted by molar-refractivity contribution is 9.10. The number of halogens is 2. The summed E-state index contributed by atoms with van der Waals surface area (Å²) in [5.41, 5.74) is 6.01. The predicted octanol–water partition coefficient (Wildman–Crippen LogP) is 2.39. The Balaban J connectivity index is 2.14. The molecule has 2 rings (SSSR count). The number of benzene rings is 1. The Morgan fingerprint density at radius 1 is 1.40 bits per heavy atom. The van der Waals surface area contributed by atoms with E-state index in [0.29, 0.717) is 35.8 Å². The molecule has 0 aromatic heterocycles. The summed E-state index contributed by atoms with van der Waals surface area (Å²) >= 11 is 9.06. The minimum atomic E-state index is -3.64. The fraction of sp³-hybridized carbons (Fsp3) is 0.500. The van der Waals surface area contributed by atoms with Crippen molar-refractivity contribution >= 4 is 43.2 Å². The van der Waals surface area contributed by atoms with Gasteiger partial charge in [-0.15, -0.1) is 0 Å². The molecule has 0 bridgehead atoms. The van der Waals surface area contributed by atoms with Crippen LogP contribution in [0.1, 0.15) is 12.8 Å². The summed E-state index contributed by atoms with van der Waals surface area (Å²) in [5.74, 6) is 0.300. The second-order valence-corrected chi connectivity index (χ2v) is 7.68. The molecule has 1 saturated heterocycles. The summed E-state index contributed by atoms with van der Waals surface area (Å²) in [7, 11) is -3.64. The molecule has 1 fully saturated rings. The van der Waals surface area contributed by atoms with Gasteiger partial charge in [-0.25, -0.2) is 13.1 Å². The fourth-order valence-electron chi connectivity index (χ4n) is 2.04. The van der Waals surface area contributed by atoms with Crippen LogP contribution in [0.4, 0.5) is 5.69 Å². The van der Waals surface area contributed by atoms with Gasteiger partial charge < -0.3 is 10.5 Å². The molecule has 3 N–H and O–H groups in total. The Kier molecular flexibility index (Phi) is 5.30. The Hall–Kier alpha value is -0.340. The summed E-state index contributed by atoms with van der Waals surface area (Å²) in [5, 5.41) is 0.289. The molecular formula is C12H16BrClN2O3S. The van der Waals surface area contributed by atoms with Gasteiger partial charge >= 0.3 is 0 Å². The maximum atomic E-state index is 12.3. The molecule has 0 radical (unpaired) electrons.